The Morgan fingerprint density at radius 2 is 2.22 bits per heavy atom. The molecule has 4 nitrogen and oxygen atoms in total. The predicted octanol–water partition coefficient (Wildman–Crippen LogP) is 2.04. The van der Waals surface area contributed by atoms with Gasteiger partial charge in [-0.3, -0.25) is 9.79 Å². The van der Waals surface area contributed by atoms with Gasteiger partial charge in [0.15, 0.2) is 0 Å². The summed E-state index contributed by atoms with van der Waals surface area (Å²) in [4.78, 5) is 17.8. The van der Waals surface area contributed by atoms with E-state index in [1.165, 1.54) is 0 Å². The fourth-order valence-corrected chi connectivity index (χ4v) is 2.71. The number of hydrogen-bond donors (Lipinski definition) is 1. The van der Waals surface area contributed by atoms with E-state index in [1.807, 2.05) is 30.6 Å². The van der Waals surface area contributed by atoms with E-state index in [2.05, 4.69) is 9.89 Å². The van der Waals surface area contributed by atoms with Gasteiger partial charge in [0.1, 0.15) is 0 Å². The fourth-order valence-electron chi connectivity index (χ4n) is 2.71. The Morgan fingerprint density at radius 3 is 2.78 bits per heavy atom. The number of anilines is 1. The highest BCUT2D eigenvalue weighted by Gasteiger charge is 2.46. The number of carboxylic acid groups (broad SMARTS) is 1. The van der Waals surface area contributed by atoms with Crippen LogP contribution >= 0.6 is 0 Å². The summed E-state index contributed by atoms with van der Waals surface area (Å²) < 4.78 is 0. The molecular weight excluding hydrogens is 228 g/mol. The number of benzene rings is 1. The number of aliphatic carboxylic acids is 1. The molecule has 0 amide bonds. The molecule has 1 aromatic rings. The third-order valence-electron chi connectivity index (χ3n) is 4.04. The van der Waals surface area contributed by atoms with Crippen LogP contribution in [0.1, 0.15) is 24.8 Å². The zero-order valence-electron chi connectivity index (χ0n) is 10.2. The van der Waals surface area contributed by atoms with Gasteiger partial charge in [-0.05, 0) is 30.5 Å². The summed E-state index contributed by atoms with van der Waals surface area (Å²) in [6, 6.07) is 7.89. The maximum absolute atomic E-state index is 11.5. The van der Waals surface area contributed by atoms with E-state index in [0.717, 1.165) is 43.6 Å². The maximum Gasteiger partial charge on any atom is 0.314 e. The first-order valence-corrected chi connectivity index (χ1v) is 6.33. The highest BCUT2D eigenvalue weighted by Crippen LogP contribution is 2.44. The summed E-state index contributed by atoms with van der Waals surface area (Å²) in [5, 5.41) is 9.45. The zero-order chi connectivity index (χ0) is 12.6. The molecule has 1 aliphatic heterocycles. The van der Waals surface area contributed by atoms with Crippen molar-refractivity contribution in [3.8, 4) is 0 Å². The minimum Gasteiger partial charge on any atom is -0.481 e. The van der Waals surface area contributed by atoms with Crippen molar-refractivity contribution in [2.75, 3.05) is 18.0 Å². The molecule has 1 saturated carbocycles. The monoisotopic (exact) mass is 244 g/mol. The van der Waals surface area contributed by atoms with Crippen LogP contribution < -0.4 is 4.90 Å². The fraction of sp³-hybridized carbons (Fsp3) is 0.429. The summed E-state index contributed by atoms with van der Waals surface area (Å²) in [6.45, 7) is 1.69. The summed E-state index contributed by atoms with van der Waals surface area (Å²) in [5.74, 6) is -0.694. The number of carbonyl (C=O) groups is 1. The minimum atomic E-state index is -0.694. The first kappa shape index (κ1) is 11.3. The van der Waals surface area contributed by atoms with E-state index >= 15 is 0 Å². The Labute approximate surface area is 106 Å². The Morgan fingerprint density at radius 1 is 1.39 bits per heavy atom. The summed E-state index contributed by atoms with van der Waals surface area (Å²) in [7, 11) is 0. The standard InChI is InChI=1S/C14H16N2O2/c17-13(18)14(5-2-6-14)11-3-1-4-12(9-11)16-8-7-15-10-16/h1,3-4,9-10H,2,5-8H2,(H,17,18). The van der Waals surface area contributed by atoms with Gasteiger partial charge in [0.05, 0.1) is 18.3 Å². The molecular formula is C14H16N2O2. The quantitative estimate of drug-likeness (QED) is 0.885. The van der Waals surface area contributed by atoms with Gasteiger partial charge in [0.2, 0.25) is 0 Å². The van der Waals surface area contributed by atoms with Crippen LogP contribution in [0.2, 0.25) is 0 Å². The van der Waals surface area contributed by atoms with Gasteiger partial charge in [-0.15, -0.1) is 0 Å². The van der Waals surface area contributed by atoms with Crippen molar-refractivity contribution in [1.29, 1.82) is 0 Å². The highest BCUT2D eigenvalue weighted by molar-refractivity contribution is 5.85. The van der Waals surface area contributed by atoms with Crippen molar-refractivity contribution in [2.45, 2.75) is 24.7 Å². The molecule has 0 radical (unpaired) electrons. The molecule has 18 heavy (non-hydrogen) atoms. The van der Waals surface area contributed by atoms with Crippen molar-refractivity contribution >= 4 is 18.0 Å². The van der Waals surface area contributed by atoms with Gasteiger partial charge in [-0.2, -0.15) is 0 Å². The highest BCUT2D eigenvalue weighted by atomic mass is 16.4. The normalized spacial score (nSPS) is 20.8. The summed E-state index contributed by atoms with van der Waals surface area (Å²) in [6.07, 6.45) is 4.33. The molecule has 0 aromatic heterocycles. The van der Waals surface area contributed by atoms with E-state index in [4.69, 9.17) is 0 Å². The zero-order valence-corrected chi connectivity index (χ0v) is 10.2. The number of rotatable bonds is 3. The lowest BCUT2D eigenvalue weighted by Gasteiger charge is -2.38. The molecule has 0 atom stereocenters. The average Bonchev–Trinajstić information content (AvgIpc) is 2.80. The van der Waals surface area contributed by atoms with E-state index in [-0.39, 0.29) is 0 Å². The van der Waals surface area contributed by atoms with E-state index in [9.17, 15) is 9.90 Å². The van der Waals surface area contributed by atoms with E-state index in [0.29, 0.717) is 0 Å². The molecule has 0 saturated heterocycles. The van der Waals surface area contributed by atoms with E-state index < -0.39 is 11.4 Å². The lowest BCUT2D eigenvalue weighted by atomic mass is 9.64. The largest absolute Gasteiger partial charge is 0.481 e. The van der Waals surface area contributed by atoms with Gasteiger partial charge in [-0.1, -0.05) is 18.6 Å². The van der Waals surface area contributed by atoms with Crippen molar-refractivity contribution in [1.82, 2.24) is 0 Å². The van der Waals surface area contributed by atoms with Gasteiger partial charge in [-0.25, -0.2) is 0 Å². The predicted molar refractivity (Wildman–Crippen MR) is 70.3 cm³/mol. The third-order valence-corrected chi connectivity index (χ3v) is 4.04. The smallest absolute Gasteiger partial charge is 0.314 e. The van der Waals surface area contributed by atoms with Crippen molar-refractivity contribution in [3.63, 3.8) is 0 Å². The molecule has 0 unspecified atom stereocenters. The molecule has 3 rings (SSSR count). The van der Waals surface area contributed by atoms with Crippen LogP contribution in [0.25, 0.3) is 0 Å². The third kappa shape index (κ3) is 1.60. The van der Waals surface area contributed by atoms with Crippen LogP contribution in [0.4, 0.5) is 5.69 Å². The molecule has 0 spiro atoms. The number of carboxylic acids is 1. The Bertz CT molecular complexity index is 506. The molecule has 1 aliphatic carbocycles. The molecule has 2 aliphatic rings. The van der Waals surface area contributed by atoms with Crippen molar-refractivity contribution in [3.05, 3.63) is 29.8 Å². The van der Waals surface area contributed by atoms with Gasteiger partial charge >= 0.3 is 5.97 Å². The summed E-state index contributed by atoms with van der Waals surface area (Å²) in [5.41, 5.74) is 1.33. The van der Waals surface area contributed by atoms with Gasteiger partial charge in [0, 0.05) is 12.2 Å². The topological polar surface area (TPSA) is 52.9 Å². The second-order valence-electron chi connectivity index (χ2n) is 5.01. The molecule has 1 fully saturated rings. The van der Waals surface area contributed by atoms with Crippen LogP contribution in [0, 0.1) is 0 Å². The number of aliphatic imine (C=N–C) groups is 1. The van der Waals surface area contributed by atoms with Crippen molar-refractivity contribution < 1.29 is 9.90 Å². The van der Waals surface area contributed by atoms with Crippen LogP contribution in [0.15, 0.2) is 29.3 Å². The molecule has 94 valence electrons. The Hall–Kier alpha value is -1.84. The van der Waals surface area contributed by atoms with Crippen molar-refractivity contribution in [2.24, 2.45) is 4.99 Å². The number of hydrogen-bond acceptors (Lipinski definition) is 3. The molecule has 4 heteroatoms. The first-order chi connectivity index (χ1) is 8.72. The van der Waals surface area contributed by atoms with E-state index in [1.54, 1.807) is 0 Å². The minimum absolute atomic E-state index is 0.646. The SMILES string of the molecule is O=C(O)C1(c2cccc(N3C=NCC3)c2)CCC1. The van der Waals surface area contributed by atoms with Crippen LogP contribution in [0.5, 0.6) is 0 Å². The number of nitrogens with zero attached hydrogens (tertiary/aromatic N) is 2. The Balaban J connectivity index is 1.95. The second kappa shape index (κ2) is 4.12. The summed E-state index contributed by atoms with van der Waals surface area (Å²) >= 11 is 0. The average molecular weight is 244 g/mol. The molecule has 1 N–H and O–H groups in total. The van der Waals surface area contributed by atoms with Gasteiger partial charge < -0.3 is 10.0 Å². The van der Waals surface area contributed by atoms with Gasteiger partial charge in [0.25, 0.3) is 0 Å². The lowest BCUT2D eigenvalue weighted by Crippen LogP contribution is -2.42. The van der Waals surface area contributed by atoms with Crippen LogP contribution in [-0.2, 0) is 10.2 Å². The molecule has 1 heterocycles. The maximum atomic E-state index is 11.5. The molecule has 1 aromatic carbocycles. The second-order valence-corrected chi connectivity index (χ2v) is 5.01. The van der Waals surface area contributed by atoms with Crippen LogP contribution in [-0.4, -0.2) is 30.5 Å². The first-order valence-electron chi connectivity index (χ1n) is 6.33. The lowest BCUT2D eigenvalue weighted by molar-refractivity contribution is -0.147. The van der Waals surface area contributed by atoms with Crippen LogP contribution in [0.3, 0.4) is 0 Å². The molecule has 0 bridgehead atoms. The Kier molecular flexibility index (Phi) is 2.58.